The van der Waals surface area contributed by atoms with Crippen LogP contribution in [0.5, 0.6) is 5.75 Å². The van der Waals surface area contributed by atoms with Gasteiger partial charge in [0.05, 0.1) is 11.5 Å². The van der Waals surface area contributed by atoms with E-state index in [0.29, 0.717) is 31.1 Å². The van der Waals surface area contributed by atoms with E-state index in [2.05, 4.69) is 5.32 Å². The van der Waals surface area contributed by atoms with Crippen LogP contribution in [0.4, 0.5) is 0 Å². The highest BCUT2D eigenvalue weighted by Crippen LogP contribution is 2.29. The van der Waals surface area contributed by atoms with E-state index in [0.717, 1.165) is 17.7 Å². The first kappa shape index (κ1) is 12.9. The van der Waals surface area contributed by atoms with Crippen molar-refractivity contribution in [3.63, 3.8) is 0 Å². The smallest absolute Gasteiger partial charge is 0.243 e. The summed E-state index contributed by atoms with van der Waals surface area (Å²) in [5.74, 6) is 0.813. The Morgan fingerprint density at radius 3 is 3.05 bits per heavy atom. The lowest BCUT2D eigenvalue weighted by Gasteiger charge is -2.31. The van der Waals surface area contributed by atoms with Crippen molar-refractivity contribution in [1.82, 2.24) is 9.62 Å². The Hall–Kier alpha value is -1.11. The molecule has 1 fully saturated rings. The number of nitrogens with one attached hydrogen (secondary N) is 1. The molecule has 0 aliphatic carbocycles. The molecule has 1 aromatic rings. The second kappa shape index (κ2) is 4.77. The zero-order chi connectivity index (χ0) is 13.5. The lowest BCUT2D eigenvalue weighted by molar-refractivity contribution is 0.310. The molecule has 0 aromatic heterocycles. The summed E-state index contributed by atoms with van der Waals surface area (Å²) < 4.78 is 32.2. The Balaban J connectivity index is 1.91. The van der Waals surface area contributed by atoms with Crippen LogP contribution in [0.25, 0.3) is 0 Å². The summed E-state index contributed by atoms with van der Waals surface area (Å²) in [4.78, 5) is 0.380. The third kappa shape index (κ3) is 2.35. The van der Waals surface area contributed by atoms with Crippen LogP contribution >= 0.6 is 0 Å². The molecule has 0 spiro atoms. The van der Waals surface area contributed by atoms with Crippen LogP contribution in [0.15, 0.2) is 23.1 Å². The highest BCUT2D eigenvalue weighted by molar-refractivity contribution is 7.89. The molecule has 2 aliphatic rings. The molecule has 1 N–H and O–H groups in total. The fourth-order valence-electron chi connectivity index (χ4n) is 2.59. The first-order valence-corrected chi connectivity index (χ1v) is 8.00. The number of nitrogens with zero attached hydrogens (tertiary/aromatic N) is 1. The minimum absolute atomic E-state index is 0.196. The molecule has 2 aliphatic heterocycles. The van der Waals surface area contributed by atoms with Gasteiger partial charge in [0.25, 0.3) is 0 Å². The molecule has 19 heavy (non-hydrogen) atoms. The van der Waals surface area contributed by atoms with Gasteiger partial charge in [0.15, 0.2) is 0 Å². The molecule has 104 valence electrons. The predicted molar refractivity (Wildman–Crippen MR) is 71.9 cm³/mol. The summed E-state index contributed by atoms with van der Waals surface area (Å²) in [6.45, 7) is 4.40. The molecular formula is C13H18N2O3S. The van der Waals surface area contributed by atoms with Crippen molar-refractivity contribution >= 4 is 10.0 Å². The standard InChI is InChI=1S/C13H18N2O3S/c1-10-9-15(6-5-14-10)19(16,17)12-2-3-13-11(8-12)4-7-18-13/h2-3,8,10,14H,4-7,9H2,1H3/t10-/m0/s1. The first-order valence-electron chi connectivity index (χ1n) is 6.56. The third-order valence-electron chi connectivity index (χ3n) is 3.63. The molecule has 5 nitrogen and oxygen atoms in total. The average molecular weight is 282 g/mol. The number of piperazine rings is 1. The number of sulfonamides is 1. The SMILES string of the molecule is C[C@H]1CN(S(=O)(=O)c2ccc3c(c2)CCO3)CCN1. The van der Waals surface area contributed by atoms with Gasteiger partial charge >= 0.3 is 0 Å². The zero-order valence-electron chi connectivity index (χ0n) is 10.9. The van der Waals surface area contributed by atoms with Crippen LogP contribution in [-0.2, 0) is 16.4 Å². The van der Waals surface area contributed by atoms with Gasteiger partial charge in [-0.15, -0.1) is 0 Å². The minimum atomic E-state index is -3.38. The van der Waals surface area contributed by atoms with E-state index in [1.165, 1.54) is 0 Å². The van der Waals surface area contributed by atoms with Crippen LogP contribution in [-0.4, -0.2) is 45.0 Å². The number of fused-ring (bicyclic) bond motifs is 1. The average Bonchev–Trinajstić information content (AvgIpc) is 2.85. The largest absolute Gasteiger partial charge is 0.493 e. The van der Waals surface area contributed by atoms with Crippen LogP contribution in [0, 0.1) is 0 Å². The Kier molecular flexibility index (Phi) is 3.24. The van der Waals surface area contributed by atoms with Crippen LogP contribution in [0.1, 0.15) is 12.5 Å². The van der Waals surface area contributed by atoms with Gasteiger partial charge in [-0.05, 0) is 30.7 Å². The van der Waals surface area contributed by atoms with Crippen molar-refractivity contribution in [3.8, 4) is 5.75 Å². The van der Waals surface area contributed by atoms with E-state index in [1.54, 1.807) is 22.5 Å². The maximum atomic E-state index is 12.6. The lowest BCUT2D eigenvalue weighted by Crippen LogP contribution is -2.51. The fraction of sp³-hybridized carbons (Fsp3) is 0.538. The quantitative estimate of drug-likeness (QED) is 0.863. The van der Waals surface area contributed by atoms with Crippen molar-refractivity contribution < 1.29 is 13.2 Å². The van der Waals surface area contributed by atoms with E-state index < -0.39 is 10.0 Å². The van der Waals surface area contributed by atoms with Gasteiger partial charge < -0.3 is 10.1 Å². The van der Waals surface area contributed by atoms with Crippen molar-refractivity contribution in [1.29, 1.82) is 0 Å². The van der Waals surface area contributed by atoms with E-state index in [9.17, 15) is 8.42 Å². The Morgan fingerprint density at radius 2 is 2.26 bits per heavy atom. The van der Waals surface area contributed by atoms with Crippen molar-refractivity contribution in [2.45, 2.75) is 24.3 Å². The zero-order valence-corrected chi connectivity index (χ0v) is 11.7. The molecule has 1 atom stereocenters. The molecule has 2 heterocycles. The molecular weight excluding hydrogens is 264 g/mol. The topological polar surface area (TPSA) is 58.6 Å². The molecule has 0 saturated carbocycles. The van der Waals surface area contributed by atoms with E-state index in [4.69, 9.17) is 4.74 Å². The lowest BCUT2D eigenvalue weighted by atomic mass is 10.2. The van der Waals surface area contributed by atoms with Gasteiger partial charge in [0, 0.05) is 32.1 Å². The summed E-state index contributed by atoms with van der Waals surface area (Å²) in [6.07, 6.45) is 0.788. The summed E-state index contributed by atoms with van der Waals surface area (Å²) in [5, 5.41) is 3.25. The molecule has 1 saturated heterocycles. The second-order valence-corrected chi connectivity index (χ2v) is 7.02. The normalized spacial score (nSPS) is 23.9. The molecule has 0 amide bonds. The van der Waals surface area contributed by atoms with Gasteiger partial charge in [-0.1, -0.05) is 0 Å². The number of benzene rings is 1. The highest BCUT2D eigenvalue weighted by Gasteiger charge is 2.29. The van der Waals surface area contributed by atoms with Gasteiger partial charge in [-0.3, -0.25) is 0 Å². The summed E-state index contributed by atoms with van der Waals surface area (Å²) in [7, 11) is -3.38. The number of ether oxygens (including phenoxy) is 1. The number of hydrogen-bond donors (Lipinski definition) is 1. The van der Waals surface area contributed by atoms with Gasteiger partial charge in [-0.25, -0.2) is 8.42 Å². The Morgan fingerprint density at radius 1 is 1.42 bits per heavy atom. The first-order chi connectivity index (χ1) is 9.07. The molecule has 0 radical (unpaired) electrons. The van der Waals surface area contributed by atoms with E-state index >= 15 is 0 Å². The van der Waals surface area contributed by atoms with Gasteiger partial charge in [-0.2, -0.15) is 4.31 Å². The molecule has 0 bridgehead atoms. The molecule has 1 aromatic carbocycles. The van der Waals surface area contributed by atoms with E-state index in [-0.39, 0.29) is 6.04 Å². The van der Waals surface area contributed by atoms with Crippen LogP contribution < -0.4 is 10.1 Å². The molecule has 3 rings (SSSR count). The van der Waals surface area contributed by atoms with Crippen molar-refractivity contribution in [3.05, 3.63) is 23.8 Å². The number of hydrogen-bond acceptors (Lipinski definition) is 4. The minimum Gasteiger partial charge on any atom is -0.493 e. The van der Waals surface area contributed by atoms with Crippen molar-refractivity contribution in [2.75, 3.05) is 26.2 Å². The third-order valence-corrected chi connectivity index (χ3v) is 5.49. The Labute approximate surface area is 113 Å². The van der Waals surface area contributed by atoms with Crippen LogP contribution in [0.2, 0.25) is 0 Å². The summed E-state index contributed by atoms with van der Waals surface area (Å²) in [6, 6.07) is 5.36. The van der Waals surface area contributed by atoms with Crippen LogP contribution in [0.3, 0.4) is 0 Å². The van der Waals surface area contributed by atoms with Gasteiger partial charge in [0.2, 0.25) is 10.0 Å². The second-order valence-electron chi connectivity index (χ2n) is 5.09. The highest BCUT2D eigenvalue weighted by atomic mass is 32.2. The van der Waals surface area contributed by atoms with Gasteiger partial charge in [0.1, 0.15) is 5.75 Å². The van der Waals surface area contributed by atoms with E-state index in [1.807, 2.05) is 6.92 Å². The maximum Gasteiger partial charge on any atom is 0.243 e. The number of rotatable bonds is 2. The maximum absolute atomic E-state index is 12.6. The van der Waals surface area contributed by atoms with Crippen molar-refractivity contribution in [2.24, 2.45) is 0 Å². The Bertz CT molecular complexity index is 586. The fourth-order valence-corrected chi connectivity index (χ4v) is 4.17. The monoisotopic (exact) mass is 282 g/mol. The summed E-state index contributed by atoms with van der Waals surface area (Å²) in [5.41, 5.74) is 0.990. The summed E-state index contributed by atoms with van der Waals surface area (Å²) >= 11 is 0. The molecule has 6 heteroatoms. The molecule has 0 unspecified atom stereocenters. The predicted octanol–water partition coefficient (Wildman–Crippen LogP) is 0.604.